The van der Waals surface area contributed by atoms with Gasteiger partial charge in [0, 0.05) is 17.3 Å². The number of nitrogens with zero attached hydrogens (tertiary/aromatic N) is 1. The molecule has 5 rings (SSSR count). The van der Waals surface area contributed by atoms with Crippen molar-refractivity contribution in [2.45, 2.75) is 31.0 Å². The predicted molar refractivity (Wildman–Crippen MR) is 139 cm³/mol. The van der Waals surface area contributed by atoms with Crippen molar-refractivity contribution in [3.05, 3.63) is 114 Å². The molecule has 4 aromatic rings. The molecule has 1 aliphatic rings. The minimum absolute atomic E-state index is 0.0298. The zero-order chi connectivity index (χ0) is 25.1. The Kier molecular flexibility index (Phi) is 6.89. The first-order valence-electron chi connectivity index (χ1n) is 12.1. The molecule has 4 aromatic carbocycles. The van der Waals surface area contributed by atoms with Crippen LogP contribution < -0.4 is 10.2 Å². The highest BCUT2D eigenvalue weighted by Gasteiger charge is 2.36. The van der Waals surface area contributed by atoms with Crippen LogP contribution >= 0.6 is 0 Å². The molecule has 4 N–H and O–H groups in total. The molecule has 0 spiro atoms. The van der Waals surface area contributed by atoms with E-state index in [9.17, 15) is 19.7 Å². The van der Waals surface area contributed by atoms with Crippen LogP contribution in [0.5, 0.6) is 11.5 Å². The minimum Gasteiger partial charge on any atom is -0.508 e. The molecular formula is C30H29FN2O3. The van der Waals surface area contributed by atoms with Crippen LogP contribution in [0.4, 0.5) is 10.1 Å². The zero-order valence-corrected chi connectivity index (χ0v) is 19.8. The number of para-hydroxylation sites is 1. The molecule has 1 aliphatic heterocycles. The van der Waals surface area contributed by atoms with Crippen molar-refractivity contribution in [1.82, 2.24) is 5.32 Å². The van der Waals surface area contributed by atoms with E-state index in [2.05, 4.69) is 10.2 Å². The molecule has 0 aromatic heterocycles. The zero-order valence-electron chi connectivity index (χ0n) is 19.8. The van der Waals surface area contributed by atoms with Crippen molar-refractivity contribution in [3.63, 3.8) is 0 Å². The number of halogens is 1. The second kappa shape index (κ2) is 10.4. The lowest BCUT2D eigenvalue weighted by Crippen LogP contribution is -2.29. The highest BCUT2D eigenvalue weighted by molar-refractivity contribution is 5.68. The highest BCUT2D eigenvalue weighted by atomic mass is 19.1. The summed E-state index contributed by atoms with van der Waals surface area (Å²) in [7, 11) is 0. The number of hydrogen-bond donors (Lipinski definition) is 4. The molecule has 1 heterocycles. The highest BCUT2D eigenvalue weighted by Crippen LogP contribution is 2.41. The summed E-state index contributed by atoms with van der Waals surface area (Å²) in [6, 6.07) is 28.4. The normalized spacial score (nSPS) is 18.3. The smallest absolute Gasteiger partial charge is 0.123 e. The van der Waals surface area contributed by atoms with Crippen LogP contribution in [-0.4, -0.2) is 28.0 Å². The average Bonchev–Trinajstić information content (AvgIpc) is 3.32. The van der Waals surface area contributed by atoms with Gasteiger partial charge < -0.3 is 20.2 Å². The van der Waals surface area contributed by atoms with Crippen molar-refractivity contribution in [3.8, 4) is 22.6 Å². The molecule has 5 nitrogen and oxygen atoms in total. The number of benzene rings is 4. The molecule has 3 atom stereocenters. The van der Waals surface area contributed by atoms with E-state index >= 15 is 0 Å². The molecule has 0 amide bonds. The van der Waals surface area contributed by atoms with Crippen LogP contribution in [-0.2, 0) is 0 Å². The largest absolute Gasteiger partial charge is 0.508 e. The molecule has 1 fully saturated rings. The second-order valence-corrected chi connectivity index (χ2v) is 9.19. The van der Waals surface area contributed by atoms with Crippen LogP contribution in [0.1, 0.15) is 36.1 Å². The monoisotopic (exact) mass is 484 g/mol. The number of hydrogen-bond acceptors (Lipinski definition) is 5. The van der Waals surface area contributed by atoms with Gasteiger partial charge in [-0.3, -0.25) is 5.32 Å². The van der Waals surface area contributed by atoms with E-state index in [-0.39, 0.29) is 29.4 Å². The van der Waals surface area contributed by atoms with E-state index in [1.165, 1.54) is 12.1 Å². The van der Waals surface area contributed by atoms with Crippen LogP contribution in [0.15, 0.2) is 97.1 Å². The van der Waals surface area contributed by atoms with Gasteiger partial charge in [0.1, 0.15) is 17.3 Å². The fraction of sp³-hybridized carbons (Fsp3) is 0.200. The first-order valence-corrected chi connectivity index (χ1v) is 12.1. The molecule has 0 bridgehead atoms. The third kappa shape index (κ3) is 5.05. The van der Waals surface area contributed by atoms with Crippen molar-refractivity contribution >= 4 is 5.69 Å². The number of aromatic hydroxyl groups is 2. The molecular weight excluding hydrogens is 455 g/mol. The van der Waals surface area contributed by atoms with Gasteiger partial charge in [0.25, 0.3) is 0 Å². The van der Waals surface area contributed by atoms with Gasteiger partial charge in [-0.1, -0.05) is 54.6 Å². The van der Waals surface area contributed by atoms with Gasteiger partial charge in [0.15, 0.2) is 0 Å². The van der Waals surface area contributed by atoms with Crippen molar-refractivity contribution in [2.24, 2.45) is 0 Å². The standard InChI is InChI=1S/C30H29FN2O3/c31-23-12-9-20(10-13-23)28(35)16-15-27-30(33(19-32-27)24-6-2-1-3-7-24)26-14-11-22(18-29(26)36)21-5-4-8-25(34)17-21/h1-14,17-18,27-28,30,32,34-36H,15-16,19H2/t27-,28-,30+/m0/s1. The van der Waals surface area contributed by atoms with Crippen LogP contribution in [0.2, 0.25) is 0 Å². The summed E-state index contributed by atoms with van der Waals surface area (Å²) in [6.45, 7) is 0.597. The molecule has 1 saturated heterocycles. The third-order valence-corrected chi connectivity index (χ3v) is 6.86. The fourth-order valence-electron chi connectivity index (χ4n) is 5.01. The lowest BCUT2D eigenvalue weighted by atomic mass is 9.91. The Morgan fingerprint density at radius 2 is 1.61 bits per heavy atom. The lowest BCUT2D eigenvalue weighted by molar-refractivity contribution is 0.159. The molecule has 0 unspecified atom stereocenters. The Balaban J connectivity index is 1.42. The number of anilines is 1. The minimum atomic E-state index is -0.708. The Bertz CT molecular complexity index is 1310. The van der Waals surface area contributed by atoms with Crippen LogP contribution in [0, 0.1) is 5.82 Å². The number of rotatable bonds is 7. The van der Waals surface area contributed by atoms with Gasteiger partial charge in [-0.25, -0.2) is 4.39 Å². The lowest BCUT2D eigenvalue weighted by Gasteiger charge is -2.30. The van der Waals surface area contributed by atoms with Gasteiger partial charge >= 0.3 is 0 Å². The Morgan fingerprint density at radius 1 is 0.861 bits per heavy atom. The summed E-state index contributed by atoms with van der Waals surface area (Å²) in [4.78, 5) is 2.22. The number of nitrogens with one attached hydrogen (secondary N) is 1. The van der Waals surface area contributed by atoms with E-state index in [1.807, 2.05) is 48.5 Å². The van der Waals surface area contributed by atoms with E-state index in [0.717, 1.165) is 22.4 Å². The first-order chi connectivity index (χ1) is 17.5. The quantitative estimate of drug-likeness (QED) is 0.263. The molecule has 184 valence electrons. The van der Waals surface area contributed by atoms with Crippen molar-refractivity contribution in [2.75, 3.05) is 11.6 Å². The summed E-state index contributed by atoms with van der Waals surface area (Å²) in [5.41, 5.74) is 4.14. The maximum atomic E-state index is 13.3. The predicted octanol–water partition coefficient (Wildman–Crippen LogP) is 5.89. The molecule has 36 heavy (non-hydrogen) atoms. The molecule has 0 radical (unpaired) electrons. The maximum Gasteiger partial charge on any atom is 0.123 e. The third-order valence-electron chi connectivity index (χ3n) is 6.86. The molecule has 6 heteroatoms. The average molecular weight is 485 g/mol. The Morgan fingerprint density at radius 3 is 2.33 bits per heavy atom. The van der Waals surface area contributed by atoms with E-state index < -0.39 is 6.10 Å². The molecule has 0 aliphatic carbocycles. The van der Waals surface area contributed by atoms with Gasteiger partial charge in [-0.15, -0.1) is 0 Å². The van der Waals surface area contributed by atoms with E-state index in [4.69, 9.17) is 0 Å². The number of phenols is 2. The molecule has 0 saturated carbocycles. The summed E-state index contributed by atoms with van der Waals surface area (Å²) >= 11 is 0. The van der Waals surface area contributed by atoms with Gasteiger partial charge in [-0.2, -0.15) is 0 Å². The first kappa shape index (κ1) is 23.9. The number of phenolic OH excluding ortho intramolecular Hbond substituents is 2. The van der Waals surface area contributed by atoms with Crippen molar-refractivity contribution < 1.29 is 19.7 Å². The van der Waals surface area contributed by atoms with Crippen LogP contribution in [0.25, 0.3) is 11.1 Å². The number of aliphatic hydroxyl groups is 1. The van der Waals surface area contributed by atoms with Gasteiger partial charge in [0.2, 0.25) is 0 Å². The fourth-order valence-corrected chi connectivity index (χ4v) is 5.01. The van der Waals surface area contributed by atoms with E-state index in [0.29, 0.717) is 25.1 Å². The summed E-state index contributed by atoms with van der Waals surface area (Å²) in [5, 5.41) is 35.3. The van der Waals surface area contributed by atoms with Gasteiger partial charge in [-0.05, 0) is 72.0 Å². The van der Waals surface area contributed by atoms with E-state index in [1.54, 1.807) is 36.4 Å². The Labute approximate surface area is 210 Å². The summed E-state index contributed by atoms with van der Waals surface area (Å²) < 4.78 is 13.3. The Hall–Kier alpha value is -3.87. The second-order valence-electron chi connectivity index (χ2n) is 9.19. The summed E-state index contributed by atoms with van der Waals surface area (Å²) in [6.07, 6.45) is 0.436. The van der Waals surface area contributed by atoms with Crippen molar-refractivity contribution in [1.29, 1.82) is 0 Å². The maximum absolute atomic E-state index is 13.3. The van der Waals surface area contributed by atoms with Crippen LogP contribution in [0.3, 0.4) is 0 Å². The SMILES string of the molecule is Oc1cccc(-c2ccc([C@@H]3[C@H](CC[C@H](O)c4ccc(F)cc4)NCN3c3ccccc3)c(O)c2)c1. The topological polar surface area (TPSA) is 76.0 Å². The number of aliphatic hydroxyl groups excluding tert-OH is 1. The summed E-state index contributed by atoms with van der Waals surface area (Å²) in [5.74, 6) is 0.0206. The van der Waals surface area contributed by atoms with Gasteiger partial charge in [0.05, 0.1) is 18.8 Å².